The minimum absolute atomic E-state index is 0.207. The molecule has 10 heteroatoms. The van der Waals surface area contributed by atoms with Gasteiger partial charge in [0, 0.05) is 51.0 Å². The minimum atomic E-state index is -0.250. The van der Waals surface area contributed by atoms with Crippen LogP contribution in [0.25, 0.3) is 0 Å². The van der Waals surface area contributed by atoms with Crippen LogP contribution in [0.5, 0.6) is 0 Å². The zero-order chi connectivity index (χ0) is 23.5. The van der Waals surface area contributed by atoms with E-state index in [-0.39, 0.29) is 18.8 Å². The zero-order valence-electron chi connectivity index (χ0n) is 18.6. The van der Waals surface area contributed by atoms with Gasteiger partial charge in [0.1, 0.15) is 5.82 Å². The average molecular weight is 450 g/mol. The highest BCUT2D eigenvalue weighted by Gasteiger charge is 2.35. The Bertz CT molecular complexity index is 841. The largest absolute Gasteiger partial charge is 0.483 e. The fourth-order valence-corrected chi connectivity index (χ4v) is 4.49. The van der Waals surface area contributed by atoms with Crippen LogP contribution >= 0.6 is 0 Å². The van der Waals surface area contributed by atoms with E-state index in [0.717, 1.165) is 57.8 Å². The third-order valence-electron chi connectivity index (χ3n) is 5.97. The Morgan fingerprint density at radius 2 is 1.78 bits per heavy atom. The number of carboxylic acid groups (broad SMARTS) is 2. The van der Waals surface area contributed by atoms with E-state index in [1.807, 2.05) is 0 Å². The van der Waals surface area contributed by atoms with Crippen molar-refractivity contribution in [3.8, 4) is 0 Å². The van der Waals surface area contributed by atoms with Gasteiger partial charge in [-0.3, -0.25) is 14.5 Å². The molecule has 3 N–H and O–H groups in total. The summed E-state index contributed by atoms with van der Waals surface area (Å²) in [5, 5.41) is 13.8. The number of anilines is 1. The molecule has 32 heavy (non-hydrogen) atoms. The molecule has 0 bridgehead atoms. The molecule has 2 aliphatic rings. The number of hydrogen-bond acceptors (Lipinski definition) is 6. The Hall–Kier alpha value is -3.01. The van der Waals surface area contributed by atoms with E-state index in [2.05, 4.69) is 33.6 Å². The molecule has 4 heterocycles. The first-order valence-corrected chi connectivity index (χ1v) is 10.7. The highest BCUT2D eigenvalue weighted by atomic mass is 19.1. The highest BCUT2D eigenvalue weighted by Crippen LogP contribution is 2.34. The third-order valence-corrected chi connectivity index (χ3v) is 5.97. The average Bonchev–Trinajstić information content (AvgIpc) is 3.26. The van der Waals surface area contributed by atoms with Crippen molar-refractivity contribution in [1.29, 1.82) is 0 Å². The van der Waals surface area contributed by atoms with Crippen LogP contribution in [0.3, 0.4) is 0 Å². The van der Waals surface area contributed by atoms with Crippen molar-refractivity contribution < 1.29 is 24.2 Å². The Morgan fingerprint density at radius 3 is 2.28 bits per heavy atom. The summed E-state index contributed by atoms with van der Waals surface area (Å²) in [7, 11) is 0. The number of carbonyl (C=O) groups is 2. The van der Waals surface area contributed by atoms with Gasteiger partial charge in [-0.2, -0.15) is 0 Å². The second-order valence-corrected chi connectivity index (χ2v) is 7.91. The summed E-state index contributed by atoms with van der Waals surface area (Å²) in [6, 6.07) is 3.16. The molecule has 2 atom stereocenters. The van der Waals surface area contributed by atoms with Gasteiger partial charge in [-0.1, -0.05) is 6.92 Å². The molecule has 176 valence electrons. The van der Waals surface area contributed by atoms with Gasteiger partial charge in [0.2, 0.25) is 0 Å². The Labute approximate surface area is 187 Å². The molecule has 0 spiro atoms. The second-order valence-electron chi connectivity index (χ2n) is 7.91. The van der Waals surface area contributed by atoms with E-state index >= 15 is 0 Å². The standard InChI is InChI=1S/C20H28FN5.2CH2O2/c1-3-19-23-14(2)18(24-19)13-25-11-15-6-9-26(10-7-16(15)12-25)20-17(21)5-4-8-22-20;2*2-1-3/h4-5,8,15-16H,3,6-7,9-13H2,1-2H3,(H,23,24);2*1H,(H,2,3)/t15-,16+;;. The lowest BCUT2D eigenvalue weighted by molar-refractivity contribution is -0.123. The molecule has 0 saturated carbocycles. The highest BCUT2D eigenvalue weighted by molar-refractivity contribution is 5.39. The summed E-state index contributed by atoms with van der Waals surface area (Å²) in [4.78, 5) is 33.8. The fourth-order valence-electron chi connectivity index (χ4n) is 4.49. The van der Waals surface area contributed by atoms with Gasteiger partial charge in [0.15, 0.2) is 11.6 Å². The molecule has 2 aromatic rings. The van der Waals surface area contributed by atoms with Crippen LogP contribution in [0.4, 0.5) is 10.2 Å². The first kappa shape index (κ1) is 25.3. The summed E-state index contributed by atoms with van der Waals surface area (Å²) >= 11 is 0. The first-order valence-electron chi connectivity index (χ1n) is 10.7. The van der Waals surface area contributed by atoms with Crippen LogP contribution < -0.4 is 4.90 Å². The van der Waals surface area contributed by atoms with Gasteiger partial charge in [-0.15, -0.1) is 0 Å². The number of nitrogens with one attached hydrogen (secondary N) is 1. The van der Waals surface area contributed by atoms with Gasteiger partial charge in [-0.05, 0) is 43.7 Å². The fraction of sp³-hybridized carbons (Fsp3) is 0.545. The Kier molecular flexibility index (Phi) is 10.1. The number of aryl methyl sites for hydroxylation is 2. The van der Waals surface area contributed by atoms with Gasteiger partial charge >= 0.3 is 0 Å². The SMILES string of the molecule is CCc1nc(CN2C[C@H]3CCN(c4ncccc4F)CC[C@H]3C2)c(C)[nH]1.O=CO.O=CO. The maximum absolute atomic E-state index is 14.0. The molecule has 4 rings (SSSR count). The van der Waals surface area contributed by atoms with Crippen LogP contribution in [0, 0.1) is 24.6 Å². The van der Waals surface area contributed by atoms with Gasteiger partial charge in [0.05, 0.1) is 5.69 Å². The van der Waals surface area contributed by atoms with Crippen LogP contribution in [0.15, 0.2) is 18.3 Å². The molecule has 2 aliphatic heterocycles. The quantitative estimate of drug-likeness (QED) is 0.609. The van der Waals surface area contributed by atoms with Crippen molar-refractivity contribution in [2.45, 2.75) is 39.7 Å². The molecule has 0 amide bonds. The third kappa shape index (κ3) is 6.74. The number of nitrogens with zero attached hydrogens (tertiary/aromatic N) is 4. The molecule has 9 nitrogen and oxygen atoms in total. The lowest BCUT2D eigenvalue weighted by Crippen LogP contribution is -2.28. The zero-order valence-corrected chi connectivity index (χ0v) is 18.6. The van der Waals surface area contributed by atoms with Gasteiger partial charge in [-0.25, -0.2) is 14.4 Å². The van der Waals surface area contributed by atoms with Crippen LogP contribution in [0.2, 0.25) is 0 Å². The molecule has 0 aliphatic carbocycles. The number of aromatic amines is 1. The van der Waals surface area contributed by atoms with E-state index < -0.39 is 0 Å². The van der Waals surface area contributed by atoms with E-state index in [9.17, 15) is 4.39 Å². The van der Waals surface area contributed by atoms with E-state index in [1.54, 1.807) is 12.3 Å². The molecule has 2 aromatic heterocycles. The molecule has 0 unspecified atom stereocenters. The number of aromatic nitrogens is 3. The Morgan fingerprint density at radius 1 is 1.19 bits per heavy atom. The van der Waals surface area contributed by atoms with Crippen molar-refractivity contribution in [3.05, 3.63) is 41.4 Å². The molecular formula is C22H32FN5O4. The van der Waals surface area contributed by atoms with Gasteiger partial charge in [0.25, 0.3) is 12.9 Å². The van der Waals surface area contributed by atoms with Crippen molar-refractivity contribution in [2.75, 3.05) is 31.1 Å². The van der Waals surface area contributed by atoms with Crippen molar-refractivity contribution in [2.24, 2.45) is 11.8 Å². The number of fused-ring (bicyclic) bond motifs is 1. The number of H-pyrrole nitrogens is 1. The summed E-state index contributed by atoms with van der Waals surface area (Å²) in [5.74, 6) is 2.78. The summed E-state index contributed by atoms with van der Waals surface area (Å²) in [6.07, 6.45) is 4.85. The first-order chi connectivity index (χ1) is 15.5. The maximum Gasteiger partial charge on any atom is 0.290 e. The van der Waals surface area contributed by atoms with Gasteiger partial charge < -0.3 is 20.1 Å². The molecule has 0 aromatic carbocycles. The molecule has 2 saturated heterocycles. The lowest BCUT2D eigenvalue weighted by atomic mass is 9.92. The number of likely N-dealkylation sites (tertiary alicyclic amines) is 1. The predicted octanol–water partition coefficient (Wildman–Crippen LogP) is 2.56. The lowest BCUT2D eigenvalue weighted by Gasteiger charge is -2.23. The second kappa shape index (κ2) is 12.7. The van der Waals surface area contributed by atoms with Crippen molar-refractivity contribution >= 4 is 18.8 Å². The van der Waals surface area contributed by atoms with E-state index in [4.69, 9.17) is 24.8 Å². The molecule has 2 fully saturated rings. The van der Waals surface area contributed by atoms with Crippen molar-refractivity contribution in [1.82, 2.24) is 19.9 Å². The Balaban J connectivity index is 0.000000547. The number of hydrogen-bond donors (Lipinski definition) is 3. The monoisotopic (exact) mass is 449 g/mol. The van der Waals surface area contributed by atoms with Crippen LogP contribution in [0.1, 0.15) is 37.0 Å². The van der Waals surface area contributed by atoms with Crippen LogP contribution in [-0.4, -0.2) is 69.2 Å². The predicted molar refractivity (Wildman–Crippen MR) is 118 cm³/mol. The normalized spacial score (nSPS) is 20.2. The number of rotatable bonds is 4. The molecular weight excluding hydrogens is 417 g/mol. The number of imidazole rings is 1. The van der Waals surface area contributed by atoms with Crippen molar-refractivity contribution in [3.63, 3.8) is 0 Å². The summed E-state index contributed by atoms with van der Waals surface area (Å²) in [5.41, 5.74) is 2.39. The van der Waals surface area contributed by atoms with E-state index in [1.165, 1.54) is 17.5 Å². The summed E-state index contributed by atoms with van der Waals surface area (Å²) in [6.45, 7) is 8.72. The number of halogens is 1. The van der Waals surface area contributed by atoms with E-state index in [0.29, 0.717) is 17.7 Å². The molecule has 0 radical (unpaired) electrons. The minimum Gasteiger partial charge on any atom is -0.483 e. The topological polar surface area (TPSA) is 123 Å². The number of pyridine rings is 1. The van der Waals surface area contributed by atoms with Crippen LogP contribution in [-0.2, 0) is 22.6 Å². The summed E-state index contributed by atoms with van der Waals surface area (Å²) < 4.78 is 14.0. The maximum atomic E-state index is 14.0. The smallest absolute Gasteiger partial charge is 0.290 e.